The summed E-state index contributed by atoms with van der Waals surface area (Å²) in [6.45, 7) is -0.871. The number of ether oxygens (including phenoxy) is 2. The van der Waals surface area contributed by atoms with Gasteiger partial charge < -0.3 is 14.6 Å². The molecule has 2 rings (SSSR count). The third kappa shape index (κ3) is 4.12. The summed E-state index contributed by atoms with van der Waals surface area (Å²) in [5.74, 6) is -0.496. The number of hydrogen-bond acceptors (Lipinski definition) is 4. The van der Waals surface area contributed by atoms with E-state index in [1.54, 1.807) is 0 Å². The Bertz CT molecular complexity index is 523. The number of halogens is 4. The molecule has 0 spiro atoms. The third-order valence-electron chi connectivity index (χ3n) is 3.03. The minimum Gasteiger partial charge on any atom is -0.472 e. The molecule has 0 unspecified atom stereocenters. The predicted molar refractivity (Wildman–Crippen MR) is 64.4 cm³/mol. The second kappa shape index (κ2) is 6.24. The fraction of sp³-hybridized carbons (Fsp3) is 0.500. The molecule has 2 heterocycles. The van der Waals surface area contributed by atoms with Gasteiger partial charge in [-0.3, -0.25) is 4.90 Å². The van der Waals surface area contributed by atoms with Crippen LogP contribution >= 0.6 is 0 Å². The average molecular weight is 324 g/mol. The standard InChI is InChI=1S/C12H12F4N2O4/c13-4-7-3-9(6-18(7)11(19)20)21-10-2-1-8(5-17-10)22-12(14,15)16/h1-2,5,7,9H,3-4,6H2,(H,19,20)/t7-,9-/m0/s1. The maximum Gasteiger partial charge on any atom is 0.573 e. The van der Waals surface area contributed by atoms with Crippen LogP contribution in [0.15, 0.2) is 18.3 Å². The quantitative estimate of drug-likeness (QED) is 0.862. The van der Waals surface area contributed by atoms with Gasteiger partial charge in [-0.05, 0) is 6.07 Å². The van der Waals surface area contributed by atoms with Gasteiger partial charge in [0.25, 0.3) is 0 Å². The smallest absolute Gasteiger partial charge is 0.472 e. The second-order valence-electron chi connectivity index (χ2n) is 4.60. The van der Waals surface area contributed by atoms with Crippen molar-refractivity contribution in [1.29, 1.82) is 0 Å². The first kappa shape index (κ1) is 16.1. The van der Waals surface area contributed by atoms with Gasteiger partial charge >= 0.3 is 12.5 Å². The molecule has 1 fully saturated rings. The van der Waals surface area contributed by atoms with Crippen molar-refractivity contribution in [3.63, 3.8) is 0 Å². The first-order chi connectivity index (χ1) is 10.3. The lowest BCUT2D eigenvalue weighted by molar-refractivity contribution is -0.274. The third-order valence-corrected chi connectivity index (χ3v) is 3.03. The molecule has 1 aliphatic heterocycles. The summed E-state index contributed by atoms with van der Waals surface area (Å²) in [7, 11) is 0. The van der Waals surface area contributed by atoms with Crippen molar-refractivity contribution >= 4 is 6.09 Å². The summed E-state index contributed by atoms with van der Waals surface area (Å²) in [6, 6.07) is 1.39. The highest BCUT2D eigenvalue weighted by Crippen LogP contribution is 2.25. The summed E-state index contributed by atoms with van der Waals surface area (Å²) < 4.78 is 57.7. The molecule has 0 bridgehead atoms. The Hall–Kier alpha value is -2.26. The summed E-state index contributed by atoms with van der Waals surface area (Å²) in [6.07, 6.45) is -5.70. The molecule has 22 heavy (non-hydrogen) atoms. The Morgan fingerprint density at radius 2 is 2.18 bits per heavy atom. The van der Waals surface area contributed by atoms with Gasteiger partial charge in [0.1, 0.15) is 18.5 Å². The Morgan fingerprint density at radius 1 is 1.45 bits per heavy atom. The van der Waals surface area contributed by atoms with E-state index in [0.717, 1.165) is 23.2 Å². The lowest BCUT2D eigenvalue weighted by atomic mass is 10.2. The Kier molecular flexibility index (Phi) is 4.57. The van der Waals surface area contributed by atoms with E-state index >= 15 is 0 Å². The average Bonchev–Trinajstić information content (AvgIpc) is 2.82. The summed E-state index contributed by atoms with van der Waals surface area (Å²) >= 11 is 0. The first-order valence-electron chi connectivity index (χ1n) is 6.22. The van der Waals surface area contributed by atoms with Gasteiger partial charge in [-0.15, -0.1) is 13.2 Å². The molecule has 1 amide bonds. The van der Waals surface area contributed by atoms with Gasteiger partial charge in [0.05, 0.1) is 18.8 Å². The van der Waals surface area contributed by atoms with E-state index in [1.807, 2.05) is 0 Å². The van der Waals surface area contributed by atoms with Crippen LogP contribution in [0.5, 0.6) is 11.6 Å². The zero-order valence-electron chi connectivity index (χ0n) is 11.1. The van der Waals surface area contributed by atoms with Crippen molar-refractivity contribution in [2.24, 2.45) is 0 Å². The zero-order chi connectivity index (χ0) is 16.3. The second-order valence-corrected chi connectivity index (χ2v) is 4.60. The molecule has 0 aliphatic carbocycles. The summed E-state index contributed by atoms with van der Waals surface area (Å²) in [4.78, 5) is 15.5. The van der Waals surface area contributed by atoms with Crippen LogP contribution in [0.3, 0.4) is 0 Å². The molecule has 10 heteroatoms. The lowest BCUT2D eigenvalue weighted by Crippen LogP contribution is -2.36. The number of carboxylic acid groups (broad SMARTS) is 1. The fourth-order valence-corrected chi connectivity index (χ4v) is 2.14. The first-order valence-corrected chi connectivity index (χ1v) is 6.22. The van der Waals surface area contributed by atoms with Crippen LogP contribution in [-0.2, 0) is 0 Å². The van der Waals surface area contributed by atoms with E-state index in [0.29, 0.717) is 0 Å². The van der Waals surface area contributed by atoms with Crippen LogP contribution in [0.2, 0.25) is 0 Å². The number of aromatic nitrogens is 1. The number of likely N-dealkylation sites (tertiary alicyclic amines) is 1. The van der Waals surface area contributed by atoms with Gasteiger partial charge in [0, 0.05) is 12.5 Å². The maximum absolute atomic E-state index is 12.7. The highest BCUT2D eigenvalue weighted by Gasteiger charge is 2.37. The molecule has 2 atom stereocenters. The monoisotopic (exact) mass is 324 g/mol. The van der Waals surface area contributed by atoms with Crippen molar-refractivity contribution in [3.05, 3.63) is 18.3 Å². The van der Waals surface area contributed by atoms with E-state index in [9.17, 15) is 22.4 Å². The summed E-state index contributed by atoms with van der Waals surface area (Å²) in [5, 5.41) is 8.91. The number of rotatable bonds is 4. The summed E-state index contributed by atoms with van der Waals surface area (Å²) in [5.41, 5.74) is 0. The number of carbonyl (C=O) groups is 1. The van der Waals surface area contributed by atoms with Gasteiger partial charge in [-0.2, -0.15) is 0 Å². The van der Waals surface area contributed by atoms with E-state index in [4.69, 9.17) is 9.84 Å². The van der Waals surface area contributed by atoms with E-state index in [2.05, 4.69) is 9.72 Å². The molecule has 1 aromatic heterocycles. The number of pyridine rings is 1. The Labute approximate surface area is 122 Å². The fourth-order valence-electron chi connectivity index (χ4n) is 2.14. The highest BCUT2D eigenvalue weighted by atomic mass is 19.4. The predicted octanol–water partition coefficient (Wildman–Crippen LogP) is 2.45. The molecule has 1 N–H and O–H groups in total. The van der Waals surface area contributed by atoms with Crippen molar-refractivity contribution in [1.82, 2.24) is 9.88 Å². The molecule has 1 saturated heterocycles. The molecular formula is C12H12F4N2O4. The van der Waals surface area contributed by atoms with Gasteiger partial charge in [0.15, 0.2) is 0 Å². The van der Waals surface area contributed by atoms with Crippen LogP contribution in [0.1, 0.15) is 6.42 Å². The van der Waals surface area contributed by atoms with Crippen LogP contribution < -0.4 is 9.47 Å². The van der Waals surface area contributed by atoms with E-state index in [-0.39, 0.29) is 18.8 Å². The minimum absolute atomic E-state index is 0.00405. The largest absolute Gasteiger partial charge is 0.573 e. The molecule has 1 aromatic rings. The maximum atomic E-state index is 12.7. The van der Waals surface area contributed by atoms with E-state index < -0.39 is 37.0 Å². The number of amides is 1. The van der Waals surface area contributed by atoms with E-state index in [1.165, 1.54) is 0 Å². The lowest BCUT2D eigenvalue weighted by Gasteiger charge is -2.17. The molecule has 6 nitrogen and oxygen atoms in total. The van der Waals surface area contributed by atoms with Crippen molar-refractivity contribution in [2.45, 2.75) is 24.9 Å². The number of hydrogen-bond donors (Lipinski definition) is 1. The van der Waals surface area contributed by atoms with Gasteiger partial charge in [-0.25, -0.2) is 14.2 Å². The van der Waals surface area contributed by atoms with Crippen LogP contribution in [0, 0.1) is 0 Å². The van der Waals surface area contributed by atoms with Crippen molar-refractivity contribution in [3.8, 4) is 11.6 Å². The highest BCUT2D eigenvalue weighted by molar-refractivity contribution is 5.66. The molecular weight excluding hydrogens is 312 g/mol. The molecule has 0 saturated carbocycles. The van der Waals surface area contributed by atoms with Crippen molar-refractivity contribution in [2.75, 3.05) is 13.2 Å². The molecule has 1 aliphatic rings. The number of nitrogens with zero attached hydrogens (tertiary/aromatic N) is 2. The topological polar surface area (TPSA) is 71.9 Å². The van der Waals surface area contributed by atoms with Crippen LogP contribution in [0.25, 0.3) is 0 Å². The van der Waals surface area contributed by atoms with Crippen LogP contribution in [0.4, 0.5) is 22.4 Å². The Morgan fingerprint density at radius 3 is 2.64 bits per heavy atom. The zero-order valence-corrected chi connectivity index (χ0v) is 11.1. The molecule has 0 radical (unpaired) electrons. The van der Waals surface area contributed by atoms with Crippen LogP contribution in [-0.4, -0.2) is 52.8 Å². The van der Waals surface area contributed by atoms with Gasteiger partial charge in [-0.1, -0.05) is 0 Å². The molecule has 122 valence electrons. The van der Waals surface area contributed by atoms with Gasteiger partial charge in [0.2, 0.25) is 5.88 Å². The number of alkyl halides is 4. The normalized spacial score (nSPS) is 21.7. The SMILES string of the molecule is O=C(O)N1C[C@@H](Oc2ccc(OC(F)(F)F)cn2)C[C@H]1CF. The minimum atomic E-state index is -4.81. The molecule has 0 aromatic carbocycles. The van der Waals surface area contributed by atoms with Crippen molar-refractivity contribution < 1.29 is 36.9 Å². The Balaban J connectivity index is 1.96.